The van der Waals surface area contributed by atoms with Crippen molar-refractivity contribution in [1.82, 2.24) is 19.9 Å². The molecule has 150 valence electrons. The zero-order valence-electron chi connectivity index (χ0n) is 15.8. The Kier molecular flexibility index (Phi) is 14.7. The van der Waals surface area contributed by atoms with Gasteiger partial charge in [0.1, 0.15) is 0 Å². The van der Waals surface area contributed by atoms with Gasteiger partial charge in [-0.15, -0.1) is 0 Å². The van der Waals surface area contributed by atoms with Gasteiger partial charge in [0, 0.05) is 65.2 Å². The number of halogens is 3. The molecule has 0 aliphatic rings. The minimum atomic E-state index is -0.714. The maximum atomic E-state index is 10.4. The van der Waals surface area contributed by atoms with Crippen LogP contribution < -0.4 is 5.73 Å². The summed E-state index contributed by atoms with van der Waals surface area (Å²) < 4.78 is 10.0. The fraction of sp³-hybridized carbons (Fsp3) is 0.200. The van der Waals surface area contributed by atoms with E-state index in [1.165, 1.54) is 23.5 Å². The normalized spacial score (nSPS) is 9.61. The summed E-state index contributed by atoms with van der Waals surface area (Å²) in [5, 5.41) is 20.7. The first-order valence-electron chi connectivity index (χ1n) is 7.05. The first kappa shape index (κ1) is 28.4. The smallest absolute Gasteiger partial charge is 0.348 e. The van der Waals surface area contributed by atoms with Crippen molar-refractivity contribution in [3.8, 4) is 0 Å². The summed E-state index contributed by atoms with van der Waals surface area (Å²) in [5.41, 5.74) is 4.41. The molecule has 0 amide bonds. The Hall–Kier alpha value is 0.434. The fourth-order valence-corrected chi connectivity index (χ4v) is 2.97. The van der Waals surface area contributed by atoms with Crippen molar-refractivity contribution in [1.29, 1.82) is 0 Å². The second kappa shape index (κ2) is 14.4. The van der Waals surface area contributed by atoms with Crippen LogP contribution in [0.2, 0.25) is 15.5 Å². The summed E-state index contributed by atoms with van der Waals surface area (Å²) in [6.45, 7) is 0. The Balaban J connectivity index is -0.000000423. The maximum absolute atomic E-state index is 10.4. The molecular formula is C10H10Cl3N7O4S2U2. The van der Waals surface area contributed by atoms with Gasteiger partial charge in [0.05, 0.1) is 9.85 Å². The van der Waals surface area contributed by atoms with Crippen LogP contribution in [0.4, 0.5) is 17.2 Å². The maximum Gasteiger partial charge on any atom is 0.348 e. The molecule has 0 aliphatic heterocycles. The number of aromatic nitrogens is 4. The molecule has 0 spiro atoms. The monoisotopic (exact) mass is 941 g/mol. The molecule has 11 nitrogen and oxygen atoms in total. The standard InChI is InChI=1S/C5H3Cl2N3O2S.C5H5ClN4O2S.2U.H2/c2*1-13-5-8-3(6)2(10(11)12)4(7)9-5;;;/h1H3;1H3,(H2,7,8,9);;;1H/i;;;;1+2T. The molecule has 0 radical (unpaired) electrons. The first-order chi connectivity index (χ1) is 13.1. The Morgan fingerprint density at radius 1 is 0.857 bits per heavy atom. The van der Waals surface area contributed by atoms with Crippen LogP contribution in [-0.2, 0) is 0 Å². The summed E-state index contributed by atoms with van der Waals surface area (Å²) in [6.07, 6.45) is 3.44. The van der Waals surface area contributed by atoms with E-state index in [-0.39, 0.29) is 83.5 Å². The molecule has 28 heavy (non-hydrogen) atoms. The predicted molar refractivity (Wildman–Crippen MR) is 102 cm³/mol. The third-order valence-electron chi connectivity index (χ3n) is 2.36. The molecule has 2 N–H and O–H groups in total. The van der Waals surface area contributed by atoms with Crippen molar-refractivity contribution in [3.05, 3.63) is 35.7 Å². The topological polar surface area (TPSA) is 164 Å². The van der Waals surface area contributed by atoms with E-state index in [2.05, 4.69) is 19.9 Å². The van der Waals surface area contributed by atoms with Crippen molar-refractivity contribution in [2.75, 3.05) is 18.2 Å². The molecule has 0 saturated carbocycles. The third-order valence-corrected chi connectivity index (χ3v) is 4.24. The average Bonchev–Trinajstić information content (AvgIpc) is 2.61. The van der Waals surface area contributed by atoms with Crippen LogP contribution in [0.1, 0.15) is 2.97 Å². The summed E-state index contributed by atoms with van der Waals surface area (Å²) in [5.74, 6) is -0.214. The minimum Gasteiger partial charge on any atom is -0.378 e. The van der Waals surface area contributed by atoms with Crippen LogP contribution in [0.25, 0.3) is 0 Å². The zero-order valence-corrected chi connectivity index (χ0v) is 26.1. The van der Waals surface area contributed by atoms with Crippen molar-refractivity contribution in [2.45, 2.75) is 10.3 Å². The van der Waals surface area contributed by atoms with E-state index >= 15 is 0 Å². The number of anilines is 1. The van der Waals surface area contributed by atoms with Crippen LogP contribution in [0.5, 0.6) is 0 Å². The molecule has 0 aromatic carbocycles. The van der Waals surface area contributed by atoms with Gasteiger partial charge in [0.2, 0.25) is 21.3 Å². The van der Waals surface area contributed by atoms with E-state index in [4.69, 9.17) is 43.5 Å². The van der Waals surface area contributed by atoms with Crippen molar-refractivity contribution in [3.63, 3.8) is 0 Å². The number of nitrogens with zero attached hydrogens (tertiary/aromatic N) is 6. The van der Waals surface area contributed by atoms with Crippen LogP contribution >= 0.6 is 58.3 Å². The van der Waals surface area contributed by atoms with Crippen molar-refractivity contribution >= 4 is 75.5 Å². The quantitative estimate of drug-likeness (QED) is 0.155. The number of hydrogen-bond acceptors (Lipinski definition) is 11. The van der Waals surface area contributed by atoms with Gasteiger partial charge >= 0.3 is 11.4 Å². The summed E-state index contributed by atoms with van der Waals surface area (Å²) >= 11 is 19.0. The number of rotatable bonds is 4. The zero-order chi connectivity index (χ0) is 22.0. The van der Waals surface area contributed by atoms with Gasteiger partial charge in [0.15, 0.2) is 10.3 Å². The molecule has 2 aromatic heterocycles. The number of nitrogens with two attached hydrogens (primary N) is 1. The van der Waals surface area contributed by atoms with Gasteiger partial charge in [-0.1, -0.05) is 58.3 Å². The van der Waals surface area contributed by atoms with Crippen molar-refractivity contribution < 1.29 is 75.0 Å². The van der Waals surface area contributed by atoms with E-state index in [1.807, 2.05) is 0 Å². The van der Waals surface area contributed by atoms with Crippen LogP contribution in [0.3, 0.4) is 0 Å². The molecule has 18 heteroatoms. The fourth-order valence-electron chi connectivity index (χ4n) is 1.31. The Morgan fingerprint density at radius 2 is 1.18 bits per heavy atom. The second-order valence-corrected chi connectivity index (χ2v) is 6.51. The van der Waals surface area contributed by atoms with E-state index in [0.29, 0.717) is 10.3 Å². The van der Waals surface area contributed by atoms with Gasteiger partial charge in [-0.2, -0.15) is 4.98 Å². The molecule has 2 heterocycles. The summed E-state index contributed by atoms with van der Waals surface area (Å²) in [4.78, 5) is 34.0. The first-order valence-corrected chi connectivity index (χ1v) is 9.63. The molecule has 2 aromatic rings. The average molecular weight is 943 g/mol. The Morgan fingerprint density at radius 3 is 1.46 bits per heavy atom. The van der Waals surface area contributed by atoms with Gasteiger partial charge in [-0.3, -0.25) is 20.2 Å². The van der Waals surface area contributed by atoms with E-state index in [1.54, 1.807) is 12.5 Å². The largest absolute Gasteiger partial charge is 0.378 e. The molecule has 2 rings (SSSR count). The third kappa shape index (κ3) is 8.66. The number of nitrogen functional groups attached to an aromatic ring is 1. The van der Waals surface area contributed by atoms with Gasteiger partial charge < -0.3 is 5.73 Å². The van der Waals surface area contributed by atoms with Gasteiger partial charge in [-0.25, -0.2) is 15.0 Å². The molecule has 0 aliphatic carbocycles. The van der Waals surface area contributed by atoms with E-state index in [0.717, 1.165) is 0 Å². The molecule has 0 bridgehead atoms. The van der Waals surface area contributed by atoms with E-state index < -0.39 is 21.2 Å². The number of nitro groups is 2. The van der Waals surface area contributed by atoms with Crippen molar-refractivity contribution in [2.24, 2.45) is 0 Å². The molecule has 0 atom stereocenters. The van der Waals surface area contributed by atoms with Gasteiger partial charge in [0.25, 0.3) is 0 Å². The summed E-state index contributed by atoms with van der Waals surface area (Å²) in [6, 6.07) is 0. The van der Waals surface area contributed by atoms with Gasteiger partial charge in [-0.05, 0) is 12.5 Å². The molecule has 0 unspecified atom stereocenters. The van der Waals surface area contributed by atoms with Crippen LogP contribution in [-0.4, -0.2) is 42.3 Å². The SMILES string of the molecule is CSc1nc(Cl)c([N+](=O)[O-])c(Cl)n1.CSc1nc(N)c([N+](=O)[O-])c(Cl)n1.[3H][3H].[U].[U]. The summed E-state index contributed by atoms with van der Waals surface area (Å²) in [7, 11) is 0. The van der Waals surface area contributed by atoms with Crippen LogP contribution in [0, 0.1) is 82.5 Å². The number of thioether (sulfide) groups is 2. The molecular weight excluding hydrogens is 929 g/mol. The van der Waals surface area contributed by atoms with Crippen LogP contribution in [0.15, 0.2) is 10.3 Å². The Bertz CT molecular complexity index is 763. The second-order valence-electron chi connectivity index (χ2n) is 3.89. The Labute approximate surface area is 232 Å². The minimum absolute atomic E-state index is 0. The number of hydrogen-bond donors (Lipinski definition) is 1. The molecule has 0 saturated heterocycles. The molecule has 0 fully saturated rings. The predicted octanol–water partition coefficient (Wildman–Crippen LogP) is 4.00. The van der Waals surface area contributed by atoms with E-state index in [9.17, 15) is 20.2 Å².